The third-order valence-corrected chi connectivity index (χ3v) is 5.72. The monoisotopic (exact) mass is 385 g/mol. The number of aromatic nitrogens is 3. The van der Waals surface area contributed by atoms with Gasteiger partial charge in [0.05, 0.1) is 11.9 Å². The first-order chi connectivity index (χ1) is 14.2. The molecule has 146 valence electrons. The molecule has 2 aromatic rings. The van der Waals surface area contributed by atoms with Crippen LogP contribution >= 0.6 is 0 Å². The number of nitrogens with zero attached hydrogens (tertiary/aromatic N) is 1. The number of rotatable bonds is 5. The summed E-state index contributed by atoms with van der Waals surface area (Å²) < 4.78 is 0. The van der Waals surface area contributed by atoms with Crippen LogP contribution < -0.4 is 11.1 Å². The Morgan fingerprint density at radius 1 is 1.31 bits per heavy atom. The molecule has 29 heavy (non-hydrogen) atoms. The van der Waals surface area contributed by atoms with Crippen molar-refractivity contribution in [3.63, 3.8) is 0 Å². The van der Waals surface area contributed by atoms with Gasteiger partial charge in [-0.1, -0.05) is 24.3 Å². The van der Waals surface area contributed by atoms with Gasteiger partial charge in [0.1, 0.15) is 0 Å². The molecule has 2 heterocycles. The number of fused-ring (bicyclic) bond motifs is 1. The third kappa shape index (κ3) is 3.11. The SMILES string of the molecule is NC[C@H](Cc1c[nH]c2ccccc12)NC(=O)c1cc2cn[nH]c3c-2c1CCC=C3. The minimum atomic E-state index is -0.139. The number of aromatic amines is 2. The van der Waals surface area contributed by atoms with E-state index in [1.54, 1.807) is 6.20 Å². The lowest BCUT2D eigenvalue weighted by atomic mass is 10.0. The molecule has 1 aliphatic heterocycles. The molecule has 1 amide bonds. The van der Waals surface area contributed by atoms with E-state index in [2.05, 4.69) is 38.7 Å². The number of nitrogens with one attached hydrogen (secondary N) is 3. The molecule has 6 nitrogen and oxygen atoms in total. The molecular formula is C23H23N5O. The molecule has 1 atom stereocenters. The van der Waals surface area contributed by atoms with Gasteiger partial charge < -0.3 is 16.0 Å². The quantitative estimate of drug-likeness (QED) is 0.424. The van der Waals surface area contributed by atoms with E-state index in [0.29, 0.717) is 13.0 Å². The highest BCUT2D eigenvalue weighted by Gasteiger charge is 2.25. The van der Waals surface area contributed by atoms with Crippen molar-refractivity contribution >= 4 is 22.9 Å². The molecule has 0 unspecified atom stereocenters. The molecule has 0 radical (unpaired) electrons. The van der Waals surface area contributed by atoms with Gasteiger partial charge in [-0.3, -0.25) is 9.89 Å². The average molecular weight is 385 g/mol. The van der Waals surface area contributed by atoms with Crippen molar-refractivity contribution in [2.24, 2.45) is 5.73 Å². The fourth-order valence-corrected chi connectivity index (χ4v) is 4.30. The third-order valence-electron chi connectivity index (χ3n) is 5.72. The molecule has 0 bridgehead atoms. The Morgan fingerprint density at radius 3 is 3.10 bits per heavy atom. The van der Waals surface area contributed by atoms with E-state index < -0.39 is 0 Å². The van der Waals surface area contributed by atoms with Crippen LogP contribution in [-0.4, -0.2) is 33.7 Å². The van der Waals surface area contributed by atoms with E-state index in [1.165, 1.54) is 5.39 Å². The topological polar surface area (TPSA) is 99.6 Å². The number of para-hydroxylation sites is 1. The number of carbonyl (C=O) groups is 1. The zero-order chi connectivity index (χ0) is 19.8. The van der Waals surface area contributed by atoms with Crippen molar-refractivity contribution in [2.45, 2.75) is 25.3 Å². The van der Waals surface area contributed by atoms with Crippen LogP contribution in [0, 0.1) is 0 Å². The normalized spacial score (nSPS) is 14.2. The van der Waals surface area contributed by atoms with Gasteiger partial charge in [-0.15, -0.1) is 0 Å². The van der Waals surface area contributed by atoms with Crippen molar-refractivity contribution in [3.05, 3.63) is 71.2 Å². The second-order valence-electron chi connectivity index (χ2n) is 7.56. The maximum absolute atomic E-state index is 13.2. The number of H-pyrrole nitrogens is 2. The highest BCUT2D eigenvalue weighted by atomic mass is 16.1. The Hall–Kier alpha value is -3.38. The van der Waals surface area contributed by atoms with Gasteiger partial charge in [0.2, 0.25) is 0 Å². The summed E-state index contributed by atoms with van der Waals surface area (Å²) in [6.45, 7) is 0.378. The molecular weight excluding hydrogens is 362 g/mol. The fourth-order valence-electron chi connectivity index (χ4n) is 4.30. The summed E-state index contributed by atoms with van der Waals surface area (Å²) in [5.41, 5.74) is 13.1. The highest BCUT2D eigenvalue weighted by Crippen LogP contribution is 2.36. The van der Waals surface area contributed by atoms with E-state index in [9.17, 15) is 4.79 Å². The summed E-state index contributed by atoms with van der Waals surface area (Å²) in [7, 11) is 0. The number of benzene rings is 1. The van der Waals surface area contributed by atoms with Gasteiger partial charge in [0, 0.05) is 46.4 Å². The second-order valence-corrected chi connectivity index (χ2v) is 7.56. The Morgan fingerprint density at radius 2 is 2.21 bits per heavy atom. The predicted molar refractivity (Wildman–Crippen MR) is 115 cm³/mol. The number of carbonyl (C=O) groups excluding carboxylic acids is 1. The average Bonchev–Trinajstić information content (AvgIpc) is 3.25. The molecule has 2 aliphatic carbocycles. The first kappa shape index (κ1) is 17.7. The summed E-state index contributed by atoms with van der Waals surface area (Å²) in [4.78, 5) is 16.5. The number of hydrogen-bond donors (Lipinski definition) is 4. The van der Waals surface area contributed by atoms with Crippen LogP contribution in [-0.2, 0) is 12.8 Å². The Kier molecular flexibility index (Phi) is 4.41. The molecule has 3 aliphatic rings. The standard InChI is InChI=1S/C23H23N5O/c24-11-16(9-14-12-25-20-7-3-1-5-17(14)20)27-23(29)19-10-15-13-26-28-21-8-4-2-6-18(19)22(15)21/h1,3-5,7-8,10,12-13,16,25,28H,2,6,9,11,24H2,(H,27,29)/t16-/m0/s1. The molecule has 0 saturated heterocycles. The highest BCUT2D eigenvalue weighted by molar-refractivity contribution is 6.01. The summed E-state index contributed by atoms with van der Waals surface area (Å²) in [6, 6.07) is 9.98. The Balaban J connectivity index is 1.42. The zero-order valence-electron chi connectivity index (χ0n) is 16.0. The summed E-state index contributed by atoms with van der Waals surface area (Å²) in [6.07, 6.45) is 10.4. The molecule has 5 N–H and O–H groups in total. The lowest BCUT2D eigenvalue weighted by molar-refractivity contribution is 0.0937. The van der Waals surface area contributed by atoms with E-state index >= 15 is 0 Å². The van der Waals surface area contributed by atoms with Gasteiger partial charge >= 0.3 is 0 Å². The van der Waals surface area contributed by atoms with E-state index in [4.69, 9.17) is 5.73 Å². The number of allylic oxidation sites excluding steroid dienone is 1. The largest absolute Gasteiger partial charge is 0.361 e. The molecule has 0 spiro atoms. The van der Waals surface area contributed by atoms with Gasteiger partial charge in [-0.05, 0) is 48.6 Å². The van der Waals surface area contributed by atoms with Crippen LogP contribution in [0.25, 0.3) is 28.1 Å². The van der Waals surface area contributed by atoms with Crippen LogP contribution in [0.1, 0.15) is 33.6 Å². The van der Waals surface area contributed by atoms with Gasteiger partial charge in [0.25, 0.3) is 5.91 Å². The van der Waals surface area contributed by atoms with Crippen molar-refractivity contribution in [1.29, 1.82) is 0 Å². The maximum atomic E-state index is 13.2. The Labute approximate surface area is 168 Å². The number of amides is 1. The molecule has 0 saturated carbocycles. The molecule has 1 aromatic heterocycles. The van der Waals surface area contributed by atoms with Crippen LogP contribution in [0.4, 0.5) is 0 Å². The summed E-state index contributed by atoms with van der Waals surface area (Å²) in [5.74, 6) is -0.0701. The predicted octanol–water partition coefficient (Wildman–Crippen LogP) is 3.26. The maximum Gasteiger partial charge on any atom is 0.251 e. The van der Waals surface area contributed by atoms with Crippen LogP contribution in [0.5, 0.6) is 0 Å². The fraction of sp³-hybridized carbons (Fsp3) is 0.217. The summed E-state index contributed by atoms with van der Waals surface area (Å²) >= 11 is 0. The minimum Gasteiger partial charge on any atom is -0.361 e. The number of nitrogens with two attached hydrogens (primary N) is 1. The van der Waals surface area contributed by atoms with Crippen LogP contribution in [0.3, 0.4) is 0 Å². The Bertz CT molecular complexity index is 1190. The van der Waals surface area contributed by atoms with E-state index in [0.717, 1.165) is 51.9 Å². The first-order valence-corrected chi connectivity index (χ1v) is 9.96. The lowest BCUT2D eigenvalue weighted by Crippen LogP contribution is -2.41. The second kappa shape index (κ2) is 7.22. The molecule has 5 rings (SSSR count). The lowest BCUT2D eigenvalue weighted by Gasteiger charge is -2.17. The molecule has 6 heteroatoms. The minimum absolute atomic E-state index is 0.0701. The smallest absolute Gasteiger partial charge is 0.251 e. The summed E-state index contributed by atoms with van der Waals surface area (Å²) in [5, 5.41) is 11.6. The van der Waals surface area contributed by atoms with Crippen LogP contribution in [0.2, 0.25) is 0 Å². The van der Waals surface area contributed by atoms with Gasteiger partial charge in [0.15, 0.2) is 0 Å². The first-order valence-electron chi connectivity index (χ1n) is 9.96. The number of hydrogen-bond acceptors (Lipinski definition) is 3. The van der Waals surface area contributed by atoms with Crippen molar-refractivity contribution in [3.8, 4) is 11.1 Å². The van der Waals surface area contributed by atoms with Gasteiger partial charge in [-0.25, -0.2) is 0 Å². The van der Waals surface area contributed by atoms with Gasteiger partial charge in [-0.2, -0.15) is 5.10 Å². The van der Waals surface area contributed by atoms with Crippen molar-refractivity contribution in [2.75, 3.05) is 6.54 Å². The van der Waals surface area contributed by atoms with E-state index in [-0.39, 0.29) is 11.9 Å². The van der Waals surface area contributed by atoms with Crippen LogP contribution in [0.15, 0.2) is 48.8 Å². The zero-order valence-corrected chi connectivity index (χ0v) is 16.0. The van der Waals surface area contributed by atoms with Crippen molar-refractivity contribution < 1.29 is 4.79 Å². The molecule has 1 aromatic carbocycles. The van der Waals surface area contributed by atoms with Crippen molar-refractivity contribution in [1.82, 2.24) is 20.5 Å². The molecule has 0 fully saturated rings. The van der Waals surface area contributed by atoms with E-state index in [1.807, 2.05) is 30.5 Å².